The molecule has 0 aromatic heterocycles. The monoisotopic (exact) mass is 358 g/mol. The Labute approximate surface area is 129 Å². The second-order valence-electron chi connectivity index (χ2n) is 4.77. The predicted molar refractivity (Wildman–Crippen MR) is 79.0 cm³/mol. The molecule has 0 aliphatic carbocycles. The molecule has 0 amide bonds. The Morgan fingerprint density at radius 1 is 1.14 bits per heavy atom. The maximum atomic E-state index is 14.0. The molecule has 3 N–H and O–H groups in total. The van der Waals surface area contributed by atoms with Gasteiger partial charge in [0.25, 0.3) is 0 Å². The molecular weight excluding hydrogens is 345 g/mol. The van der Waals surface area contributed by atoms with Gasteiger partial charge in [-0.3, -0.25) is 11.3 Å². The summed E-state index contributed by atoms with van der Waals surface area (Å²) in [6.45, 7) is 1.76. The maximum absolute atomic E-state index is 14.0. The van der Waals surface area contributed by atoms with Crippen molar-refractivity contribution in [1.29, 1.82) is 0 Å². The molecule has 2 aromatic carbocycles. The van der Waals surface area contributed by atoms with Gasteiger partial charge in [-0.05, 0) is 53.0 Å². The van der Waals surface area contributed by atoms with Gasteiger partial charge in [-0.1, -0.05) is 12.1 Å². The van der Waals surface area contributed by atoms with E-state index < -0.39 is 23.5 Å². The van der Waals surface area contributed by atoms with Crippen LogP contribution in [0.1, 0.15) is 22.7 Å². The fourth-order valence-corrected chi connectivity index (χ4v) is 2.51. The number of benzene rings is 2. The summed E-state index contributed by atoms with van der Waals surface area (Å²) in [6, 6.07) is 6.34. The average molecular weight is 359 g/mol. The fourth-order valence-electron chi connectivity index (χ4n) is 2.13. The summed E-state index contributed by atoms with van der Waals surface area (Å²) < 4.78 is 41.9. The van der Waals surface area contributed by atoms with Crippen molar-refractivity contribution in [1.82, 2.24) is 5.43 Å². The molecule has 112 valence electrons. The van der Waals surface area contributed by atoms with Gasteiger partial charge in [-0.25, -0.2) is 13.2 Å². The van der Waals surface area contributed by atoms with Crippen LogP contribution in [0.25, 0.3) is 0 Å². The van der Waals surface area contributed by atoms with Crippen molar-refractivity contribution >= 4 is 15.9 Å². The number of hydrogen-bond donors (Lipinski definition) is 2. The lowest BCUT2D eigenvalue weighted by atomic mass is 9.97. The minimum absolute atomic E-state index is 0.104. The lowest BCUT2D eigenvalue weighted by molar-refractivity contribution is 0.479. The fraction of sp³-hybridized carbons (Fsp3) is 0.200. The second kappa shape index (κ2) is 6.60. The summed E-state index contributed by atoms with van der Waals surface area (Å²) in [4.78, 5) is 0. The number of nitrogens with one attached hydrogen (secondary N) is 1. The highest BCUT2D eigenvalue weighted by atomic mass is 79.9. The van der Waals surface area contributed by atoms with Crippen molar-refractivity contribution in [2.45, 2.75) is 19.4 Å². The van der Waals surface area contributed by atoms with Crippen LogP contribution in [0.5, 0.6) is 0 Å². The first-order valence-electron chi connectivity index (χ1n) is 6.28. The lowest BCUT2D eigenvalue weighted by Gasteiger charge is -2.18. The summed E-state index contributed by atoms with van der Waals surface area (Å²) in [7, 11) is 0. The van der Waals surface area contributed by atoms with E-state index in [4.69, 9.17) is 5.84 Å². The largest absolute Gasteiger partial charge is 0.271 e. The van der Waals surface area contributed by atoms with E-state index in [2.05, 4.69) is 21.4 Å². The molecule has 0 radical (unpaired) electrons. The molecule has 0 aliphatic heterocycles. The minimum atomic E-state index is -0.733. The van der Waals surface area contributed by atoms with Gasteiger partial charge < -0.3 is 0 Å². The third-order valence-electron chi connectivity index (χ3n) is 3.28. The Morgan fingerprint density at radius 3 is 2.48 bits per heavy atom. The lowest BCUT2D eigenvalue weighted by Crippen LogP contribution is -2.30. The van der Waals surface area contributed by atoms with E-state index in [1.807, 2.05) is 0 Å². The van der Waals surface area contributed by atoms with Crippen molar-refractivity contribution in [2.75, 3.05) is 0 Å². The van der Waals surface area contributed by atoms with Crippen molar-refractivity contribution in [3.63, 3.8) is 0 Å². The van der Waals surface area contributed by atoms with Crippen LogP contribution in [0, 0.1) is 24.4 Å². The van der Waals surface area contributed by atoms with Crippen LogP contribution in [0.4, 0.5) is 13.2 Å². The number of hydrogen-bond acceptors (Lipinski definition) is 2. The number of hydrazine groups is 1. The molecule has 0 heterocycles. The van der Waals surface area contributed by atoms with Crippen LogP contribution in [-0.2, 0) is 6.42 Å². The van der Waals surface area contributed by atoms with Gasteiger partial charge in [-0.15, -0.1) is 0 Å². The van der Waals surface area contributed by atoms with Gasteiger partial charge in [0.05, 0.1) is 10.5 Å². The predicted octanol–water partition coefficient (Wildman–Crippen LogP) is 3.92. The highest BCUT2D eigenvalue weighted by Crippen LogP contribution is 2.27. The van der Waals surface area contributed by atoms with E-state index in [1.54, 1.807) is 19.1 Å². The Hall–Kier alpha value is -1.37. The Kier molecular flexibility index (Phi) is 5.03. The third kappa shape index (κ3) is 3.45. The van der Waals surface area contributed by atoms with Gasteiger partial charge in [0.1, 0.15) is 17.5 Å². The molecule has 2 rings (SSSR count). The zero-order valence-electron chi connectivity index (χ0n) is 11.3. The molecule has 0 bridgehead atoms. The van der Waals surface area contributed by atoms with Gasteiger partial charge >= 0.3 is 0 Å². The molecule has 0 aliphatic rings. The smallest absolute Gasteiger partial charge is 0.143 e. The maximum Gasteiger partial charge on any atom is 0.143 e. The Balaban J connectivity index is 2.38. The van der Waals surface area contributed by atoms with E-state index in [-0.39, 0.29) is 22.0 Å². The molecule has 1 atom stereocenters. The first-order valence-corrected chi connectivity index (χ1v) is 7.08. The summed E-state index contributed by atoms with van der Waals surface area (Å²) in [5.74, 6) is 3.56. The zero-order valence-corrected chi connectivity index (χ0v) is 12.8. The van der Waals surface area contributed by atoms with Crippen LogP contribution in [0.2, 0.25) is 0 Å². The normalized spacial score (nSPS) is 12.5. The molecule has 2 nitrogen and oxygen atoms in total. The SMILES string of the molecule is Cc1ccc(C(Cc2c(F)ccc(Br)c2F)NN)c(F)c1. The third-order valence-corrected chi connectivity index (χ3v) is 3.89. The van der Waals surface area contributed by atoms with Crippen LogP contribution in [-0.4, -0.2) is 0 Å². The molecule has 0 saturated heterocycles. The van der Waals surface area contributed by atoms with Crippen molar-refractivity contribution in [3.05, 3.63) is 68.9 Å². The summed E-state index contributed by atoms with van der Waals surface area (Å²) in [5.41, 5.74) is 3.29. The molecule has 0 fully saturated rings. The Bertz CT molecular complexity index is 662. The first kappa shape index (κ1) is 16.0. The molecule has 2 aromatic rings. The summed E-state index contributed by atoms with van der Waals surface area (Å²) in [6.07, 6.45) is -0.104. The van der Waals surface area contributed by atoms with Gasteiger partial charge in [-0.2, -0.15) is 0 Å². The van der Waals surface area contributed by atoms with Crippen molar-refractivity contribution in [3.8, 4) is 0 Å². The number of halogens is 4. The average Bonchev–Trinajstić information content (AvgIpc) is 2.44. The minimum Gasteiger partial charge on any atom is -0.271 e. The number of aryl methyl sites for hydroxylation is 1. The zero-order chi connectivity index (χ0) is 15.6. The quantitative estimate of drug-likeness (QED) is 0.493. The molecule has 0 spiro atoms. The number of nitrogens with two attached hydrogens (primary N) is 1. The molecule has 1 unspecified atom stereocenters. The van der Waals surface area contributed by atoms with E-state index in [0.29, 0.717) is 0 Å². The van der Waals surface area contributed by atoms with Crippen LogP contribution in [0.15, 0.2) is 34.8 Å². The van der Waals surface area contributed by atoms with Crippen molar-refractivity contribution in [2.24, 2.45) is 5.84 Å². The van der Waals surface area contributed by atoms with Crippen LogP contribution < -0.4 is 11.3 Å². The highest BCUT2D eigenvalue weighted by molar-refractivity contribution is 9.10. The van der Waals surface area contributed by atoms with Gasteiger partial charge in [0, 0.05) is 11.1 Å². The van der Waals surface area contributed by atoms with Gasteiger partial charge in [0.2, 0.25) is 0 Å². The van der Waals surface area contributed by atoms with E-state index >= 15 is 0 Å². The topological polar surface area (TPSA) is 38.0 Å². The van der Waals surface area contributed by atoms with Crippen LogP contribution >= 0.6 is 15.9 Å². The Morgan fingerprint density at radius 2 is 1.86 bits per heavy atom. The molecule has 0 saturated carbocycles. The first-order chi connectivity index (χ1) is 9.93. The van der Waals surface area contributed by atoms with Crippen molar-refractivity contribution < 1.29 is 13.2 Å². The summed E-state index contributed by atoms with van der Waals surface area (Å²) in [5, 5.41) is 0. The second-order valence-corrected chi connectivity index (χ2v) is 5.62. The molecule has 21 heavy (non-hydrogen) atoms. The van der Waals surface area contributed by atoms with E-state index in [1.165, 1.54) is 12.1 Å². The number of rotatable bonds is 4. The molecule has 6 heteroatoms. The summed E-state index contributed by atoms with van der Waals surface area (Å²) >= 11 is 3.00. The molecular formula is C15H14BrF3N2. The van der Waals surface area contributed by atoms with Crippen LogP contribution in [0.3, 0.4) is 0 Å². The highest BCUT2D eigenvalue weighted by Gasteiger charge is 2.20. The standard InChI is InChI=1S/C15H14BrF3N2/c1-8-2-3-9(13(18)6-8)14(21-20)7-10-12(17)5-4-11(16)15(10)19/h2-6,14,21H,7,20H2,1H3. The van der Waals surface area contributed by atoms with E-state index in [9.17, 15) is 13.2 Å². The van der Waals surface area contributed by atoms with Gasteiger partial charge in [0.15, 0.2) is 0 Å². The van der Waals surface area contributed by atoms with E-state index in [0.717, 1.165) is 11.6 Å².